The van der Waals surface area contributed by atoms with Crippen molar-refractivity contribution in [2.24, 2.45) is 5.41 Å². The van der Waals surface area contributed by atoms with Crippen LogP contribution < -0.4 is 0 Å². The van der Waals surface area contributed by atoms with Gasteiger partial charge in [0.15, 0.2) is 0 Å². The fourth-order valence-electron chi connectivity index (χ4n) is 2.67. The van der Waals surface area contributed by atoms with E-state index in [-0.39, 0.29) is 12.6 Å². The van der Waals surface area contributed by atoms with Gasteiger partial charge in [0, 0.05) is 12.1 Å². The van der Waals surface area contributed by atoms with Crippen molar-refractivity contribution in [1.29, 1.82) is 0 Å². The first-order valence-corrected chi connectivity index (χ1v) is 9.29. The quantitative estimate of drug-likeness (QED) is 0.578. The highest BCUT2D eigenvalue weighted by atomic mass is 35.5. The van der Waals surface area contributed by atoms with Crippen molar-refractivity contribution in [1.82, 2.24) is 9.78 Å². The van der Waals surface area contributed by atoms with Gasteiger partial charge >= 0.3 is 12.3 Å². The molecular weight excluding hydrogens is 416 g/mol. The molecule has 0 aliphatic heterocycles. The molecule has 0 radical (unpaired) electrons. The Kier molecular flexibility index (Phi) is 8.30. The van der Waals surface area contributed by atoms with Gasteiger partial charge in [-0.1, -0.05) is 56.1 Å². The monoisotopic (exact) mass is 436 g/mol. The number of hydrogen-bond donors (Lipinski definition) is 0. The average molecular weight is 437 g/mol. The lowest BCUT2D eigenvalue weighted by molar-refractivity contribution is -0.211. The smallest absolute Gasteiger partial charge is 0.263 e. The zero-order valence-corrected chi connectivity index (χ0v) is 17.5. The molecule has 0 atom stereocenters. The van der Waals surface area contributed by atoms with Crippen LogP contribution in [0.5, 0.6) is 0 Å². The average Bonchev–Trinajstić information content (AvgIpc) is 2.90. The molecule has 0 unspecified atom stereocenters. The van der Waals surface area contributed by atoms with Crippen LogP contribution in [0, 0.1) is 5.41 Å². The van der Waals surface area contributed by atoms with E-state index >= 15 is 0 Å². The maximum Gasteiger partial charge on any atom is 0.394 e. The van der Waals surface area contributed by atoms with Gasteiger partial charge in [-0.15, -0.1) is 0 Å². The number of aromatic nitrogens is 2. The van der Waals surface area contributed by atoms with Crippen LogP contribution >= 0.6 is 23.2 Å². The number of rotatable bonds is 5. The minimum absolute atomic E-state index is 0.141. The predicted octanol–water partition coefficient (Wildman–Crippen LogP) is 5.99. The Labute approximate surface area is 171 Å². The number of aryl methyl sites for hydroxylation is 2. The topological polar surface area (TPSA) is 52.0 Å². The van der Waals surface area contributed by atoms with Crippen LogP contribution in [0.4, 0.5) is 13.2 Å². The first kappa shape index (κ1) is 24.2. The van der Waals surface area contributed by atoms with E-state index in [0.717, 1.165) is 5.69 Å². The van der Waals surface area contributed by atoms with E-state index in [1.807, 2.05) is 13.8 Å². The summed E-state index contributed by atoms with van der Waals surface area (Å²) in [4.78, 5) is 16.2. The molecular formula is C19H21Cl2F3N2O2. The van der Waals surface area contributed by atoms with Gasteiger partial charge in [0.05, 0.1) is 26.8 Å². The van der Waals surface area contributed by atoms with Gasteiger partial charge in [0.1, 0.15) is 0 Å². The van der Waals surface area contributed by atoms with Crippen molar-refractivity contribution in [2.45, 2.75) is 53.3 Å². The Balaban J connectivity index is 0.00000122. The summed E-state index contributed by atoms with van der Waals surface area (Å²) in [6.07, 6.45) is -3.48. The van der Waals surface area contributed by atoms with Crippen LogP contribution in [0.15, 0.2) is 18.2 Å². The Hall–Kier alpha value is -1.82. The zero-order valence-electron chi connectivity index (χ0n) is 16.0. The summed E-state index contributed by atoms with van der Waals surface area (Å²) >= 11 is 12.8. The van der Waals surface area contributed by atoms with Crippen LogP contribution in [0.1, 0.15) is 39.0 Å². The SMILES string of the molecule is CCc1nn(CC)c(-c2ccc(CC(C)(C)C(F)(F)F)cc2Cl)c1Cl.O=C=O. The number of alkyl halides is 3. The largest absolute Gasteiger partial charge is 0.394 e. The van der Waals surface area contributed by atoms with Crippen molar-refractivity contribution in [2.75, 3.05) is 0 Å². The summed E-state index contributed by atoms with van der Waals surface area (Å²) in [5.41, 5.74) is 0.861. The van der Waals surface area contributed by atoms with Crippen LogP contribution in [0.25, 0.3) is 11.3 Å². The lowest BCUT2D eigenvalue weighted by Crippen LogP contribution is -2.34. The van der Waals surface area contributed by atoms with Crippen LogP contribution in [-0.4, -0.2) is 22.1 Å². The highest BCUT2D eigenvalue weighted by molar-refractivity contribution is 6.36. The minimum atomic E-state index is -4.28. The molecule has 154 valence electrons. The molecule has 4 nitrogen and oxygen atoms in total. The highest BCUT2D eigenvalue weighted by Gasteiger charge is 2.47. The summed E-state index contributed by atoms with van der Waals surface area (Å²) in [7, 11) is 0. The Morgan fingerprint density at radius 1 is 1.14 bits per heavy atom. The molecule has 0 aliphatic carbocycles. The Morgan fingerprint density at radius 3 is 2.14 bits per heavy atom. The van der Waals surface area contributed by atoms with Gasteiger partial charge < -0.3 is 0 Å². The third-order valence-electron chi connectivity index (χ3n) is 4.30. The number of carbonyl (C=O) groups excluding carboxylic acids is 2. The van der Waals surface area contributed by atoms with E-state index in [2.05, 4.69) is 5.10 Å². The summed E-state index contributed by atoms with van der Waals surface area (Å²) < 4.78 is 41.1. The van der Waals surface area contributed by atoms with Crippen LogP contribution in [0.2, 0.25) is 10.0 Å². The van der Waals surface area contributed by atoms with Gasteiger partial charge in [-0.3, -0.25) is 4.68 Å². The molecule has 28 heavy (non-hydrogen) atoms. The van der Waals surface area contributed by atoms with E-state index in [0.29, 0.717) is 39.8 Å². The van der Waals surface area contributed by atoms with Gasteiger partial charge in [-0.25, -0.2) is 0 Å². The number of nitrogens with zero attached hydrogens (tertiary/aromatic N) is 2. The maximum absolute atomic E-state index is 13.1. The molecule has 0 saturated heterocycles. The van der Waals surface area contributed by atoms with Gasteiger partial charge in [-0.05, 0) is 31.4 Å². The van der Waals surface area contributed by atoms with Gasteiger partial charge in [0.25, 0.3) is 0 Å². The van der Waals surface area contributed by atoms with Crippen molar-refractivity contribution in [3.8, 4) is 11.3 Å². The first-order chi connectivity index (χ1) is 12.9. The molecule has 0 fully saturated rings. The van der Waals surface area contributed by atoms with Crippen LogP contribution in [-0.2, 0) is 29.0 Å². The summed E-state index contributed by atoms with van der Waals surface area (Å²) in [6.45, 7) is 6.90. The second-order valence-corrected chi connectivity index (χ2v) is 7.52. The molecule has 0 saturated carbocycles. The van der Waals surface area contributed by atoms with Crippen molar-refractivity contribution in [3.63, 3.8) is 0 Å². The molecule has 1 aromatic heterocycles. The lowest BCUT2D eigenvalue weighted by Gasteiger charge is -2.27. The molecule has 0 bridgehead atoms. The fraction of sp³-hybridized carbons (Fsp3) is 0.474. The van der Waals surface area contributed by atoms with E-state index < -0.39 is 11.6 Å². The Morgan fingerprint density at radius 2 is 1.71 bits per heavy atom. The van der Waals surface area contributed by atoms with Crippen molar-refractivity contribution < 1.29 is 22.8 Å². The second kappa shape index (κ2) is 9.59. The summed E-state index contributed by atoms with van der Waals surface area (Å²) in [5.74, 6) is 0. The van der Waals surface area contributed by atoms with Crippen molar-refractivity contribution in [3.05, 3.63) is 39.5 Å². The third-order valence-corrected chi connectivity index (χ3v) is 5.01. The number of halogens is 5. The Bertz CT molecular complexity index is 856. The van der Waals surface area contributed by atoms with E-state index in [1.54, 1.807) is 22.9 Å². The van der Waals surface area contributed by atoms with E-state index in [9.17, 15) is 13.2 Å². The predicted molar refractivity (Wildman–Crippen MR) is 101 cm³/mol. The molecule has 1 heterocycles. The number of benzene rings is 1. The molecule has 0 N–H and O–H groups in total. The summed E-state index contributed by atoms with van der Waals surface area (Å²) in [6, 6.07) is 4.97. The maximum atomic E-state index is 13.1. The molecule has 0 aliphatic rings. The summed E-state index contributed by atoms with van der Waals surface area (Å²) in [5, 5.41) is 5.36. The minimum Gasteiger partial charge on any atom is -0.263 e. The van der Waals surface area contributed by atoms with Crippen molar-refractivity contribution >= 4 is 29.4 Å². The van der Waals surface area contributed by atoms with Gasteiger partial charge in [-0.2, -0.15) is 27.9 Å². The molecule has 9 heteroatoms. The number of hydrogen-bond acceptors (Lipinski definition) is 3. The van der Waals surface area contributed by atoms with E-state index in [1.165, 1.54) is 13.8 Å². The second-order valence-electron chi connectivity index (χ2n) is 6.73. The van der Waals surface area contributed by atoms with E-state index in [4.69, 9.17) is 32.8 Å². The zero-order chi connectivity index (χ0) is 21.7. The first-order valence-electron chi connectivity index (χ1n) is 8.53. The van der Waals surface area contributed by atoms with Gasteiger partial charge in [0.2, 0.25) is 0 Å². The molecule has 2 rings (SSSR count). The molecule has 0 spiro atoms. The molecule has 2 aromatic rings. The normalized spacial score (nSPS) is 11.6. The third kappa shape index (κ3) is 5.37. The molecule has 1 aromatic carbocycles. The highest BCUT2D eigenvalue weighted by Crippen LogP contribution is 2.42. The lowest BCUT2D eigenvalue weighted by atomic mass is 9.85. The van der Waals surface area contributed by atoms with Crippen LogP contribution in [0.3, 0.4) is 0 Å². The molecule has 0 amide bonds. The standard InChI is InChI=1S/C18H21Cl2F3N2.CO2/c1-5-14-15(20)16(25(6-2)24-14)12-8-7-11(9-13(12)19)10-17(3,4)18(21,22)23;2-1-3/h7-9H,5-6,10H2,1-4H3;. The fourth-order valence-corrected chi connectivity index (χ4v) is 3.34.